The third kappa shape index (κ3) is 3.85. The molecule has 1 atom stereocenters. The molecule has 1 aromatic heterocycles. The van der Waals surface area contributed by atoms with E-state index in [0.717, 1.165) is 51.3 Å². The van der Waals surface area contributed by atoms with E-state index < -0.39 is 0 Å². The Morgan fingerprint density at radius 3 is 3.09 bits per heavy atom. The smallest absolute Gasteiger partial charge is 0.220 e. The molecule has 0 aromatic carbocycles. The second kappa shape index (κ2) is 6.89. The van der Waals surface area contributed by atoms with Crippen LogP contribution >= 0.6 is 0 Å². The van der Waals surface area contributed by atoms with Crippen molar-refractivity contribution in [3.05, 3.63) is 29.7 Å². The van der Waals surface area contributed by atoms with Gasteiger partial charge in [0.05, 0.1) is 6.26 Å². The number of likely N-dealkylation sites (N-methyl/N-ethyl adjacent to an activating group) is 1. The molecule has 1 amide bonds. The summed E-state index contributed by atoms with van der Waals surface area (Å²) in [5, 5.41) is 3.01. The van der Waals surface area contributed by atoms with Gasteiger partial charge >= 0.3 is 0 Å². The molecule has 3 rings (SSSR count). The number of amides is 1. The lowest BCUT2D eigenvalue weighted by Crippen LogP contribution is -2.61. The van der Waals surface area contributed by atoms with Gasteiger partial charge in [0.2, 0.25) is 5.91 Å². The summed E-state index contributed by atoms with van der Waals surface area (Å²) in [6.45, 7) is 7.06. The fraction of sp³-hybridized carbons (Fsp3) is 0.611. The SMILES string of the molecule is CC(=Cc1ccco1)CN1CCN(C)C2(CCNC(=O)CC2)C1. The van der Waals surface area contributed by atoms with Gasteiger partial charge < -0.3 is 9.73 Å². The lowest BCUT2D eigenvalue weighted by molar-refractivity contribution is -0.121. The molecule has 3 heterocycles. The van der Waals surface area contributed by atoms with Crippen molar-refractivity contribution in [1.82, 2.24) is 15.1 Å². The van der Waals surface area contributed by atoms with Gasteiger partial charge in [-0.3, -0.25) is 14.6 Å². The molecule has 2 saturated heterocycles. The van der Waals surface area contributed by atoms with Crippen LogP contribution in [0.2, 0.25) is 0 Å². The lowest BCUT2D eigenvalue weighted by atomic mass is 9.86. The number of piperazine rings is 1. The lowest BCUT2D eigenvalue weighted by Gasteiger charge is -2.49. The zero-order valence-electron chi connectivity index (χ0n) is 14.2. The van der Waals surface area contributed by atoms with E-state index in [1.807, 2.05) is 12.1 Å². The Morgan fingerprint density at radius 1 is 1.43 bits per heavy atom. The fourth-order valence-electron chi connectivity index (χ4n) is 3.83. The van der Waals surface area contributed by atoms with E-state index in [9.17, 15) is 4.79 Å². The van der Waals surface area contributed by atoms with Crippen molar-refractivity contribution in [1.29, 1.82) is 0 Å². The number of carbonyl (C=O) groups excluding carboxylic acids is 1. The number of nitrogens with one attached hydrogen (secondary N) is 1. The Morgan fingerprint density at radius 2 is 2.30 bits per heavy atom. The maximum atomic E-state index is 11.7. The number of rotatable bonds is 3. The summed E-state index contributed by atoms with van der Waals surface area (Å²) < 4.78 is 5.40. The summed E-state index contributed by atoms with van der Waals surface area (Å²) in [6, 6.07) is 3.90. The minimum Gasteiger partial charge on any atom is -0.465 e. The quantitative estimate of drug-likeness (QED) is 0.926. The Kier molecular flexibility index (Phi) is 4.87. The molecule has 1 aromatic rings. The highest BCUT2D eigenvalue weighted by Crippen LogP contribution is 2.30. The molecule has 2 aliphatic rings. The summed E-state index contributed by atoms with van der Waals surface area (Å²) in [7, 11) is 2.21. The molecule has 0 saturated carbocycles. The van der Waals surface area contributed by atoms with Gasteiger partial charge in [0.15, 0.2) is 0 Å². The van der Waals surface area contributed by atoms with E-state index in [4.69, 9.17) is 4.42 Å². The van der Waals surface area contributed by atoms with Crippen molar-refractivity contribution in [3.63, 3.8) is 0 Å². The molecular weight excluding hydrogens is 290 g/mol. The molecule has 2 fully saturated rings. The maximum absolute atomic E-state index is 11.7. The van der Waals surface area contributed by atoms with E-state index in [1.165, 1.54) is 5.57 Å². The number of furan rings is 1. The first kappa shape index (κ1) is 16.3. The van der Waals surface area contributed by atoms with Gasteiger partial charge in [-0.05, 0) is 45.0 Å². The molecule has 1 unspecified atom stereocenters. The number of nitrogens with zero attached hydrogens (tertiary/aromatic N) is 2. The molecule has 2 aliphatic heterocycles. The van der Waals surface area contributed by atoms with Gasteiger partial charge in [-0.15, -0.1) is 0 Å². The second-order valence-electron chi connectivity index (χ2n) is 6.96. The first-order valence-corrected chi connectivity index (χ1v) is 8.48. The Bertz CT molecular complexity index is 567. The molecule has 1 N–H and O–H groups in total. The van der Waals surface area contributed by atoms with Crippen LogP contribution in [-0.2, 0) is 4.79 Å². The van der Waals surface area contributed by atoms with Gasteiger partial charge in [-0.1, -0.05) is 5.57 Å². The van der Waals surface area contributed by atoms with E-state index in [-0.39, 0.29) is 11.4 Å². The molecule has 23 heavy (non-hydrogen) atoms. The van der Waals surface area contributed by atoms with Crippen LogP contribution in [0.3, 0.4) is 0 Å². The van der Waals surface area contributed by atoms with Gasteiger partial charge in [0.25, 0.3) is 0 Å². The average molecular weight is 317 g/mol. The highest BCUT2D eigenvalue weighted by molar-refractivity contribution is 5.76. The van der Waals surface area contributed by atoms with E-state index >= 15 is 0 Å². The van der Waals surface area contributed by atoms with Crippen LogP contribution in [0.25, 0.3) is 6.08 Å². The van der Waals surface area contributed by atoms with Crippen LogP contribution in [0.4, 0.5) is 0 Å². The number of hydrogen-bond acceptors (Lipinski definition) is 4. The van der Waals surface area contributed by atoms with Crippen molar-refractivity contribution < 1.29 is 9.21 Å². The van der Waals surface area contributed by atoms with Gasteiger partial charge in [-0.25, -0.2) is 0 Å². The zero-order chi connectivity index (χ0) is 16.3. The van der Waals surface area contributed by atoms with E-state index in [2.05, 4.69) is 35.2 Å². The Hall–Kier alpha value is -1.59. The largest absolute Gasteiger partial charge is 0.465 e. The van der Waals surface area contributed by atoms with Crippen LogP contribution < -0.4 is 5.32 Å². The summed E-state index contributed by atoms with van der Waals surface area (Å²) in [5.74, 6) is 1.11. The molecule has 5 nitrogen and oxygen atoms in total. The van der Waals surface area contributed by atoms with Crippen molar-refractivity contribution >= 4 is 12.0 Å². The van der Waals surface area contributed by atoms with E-state index in [1.54, 1.807) is 6.26 Å². The van der Waals surface area contributed by atoms with Gasteiger partial charge in [0, 0.05) is 44.7 Å². The topological polar surface area (TPSA) is 48.7 Å². The molecule has 126 valence electrons. The average Bonchev–Trinajstić information content (AvgIpc) is 2.94. The minimum absolute atomic E-state index is 0.127. The minimum atomic E-state index is 0.127. The summed E-state index contributed by atoms with van der Waals surface area (Å²) in [4.78, 5) is 16.7. The highest BCUT2D eigenvalue weighted by atomic mass is 16.3. The van der Waals surface area contributed by atoms with Crippen LogP contribution in [0.5, 0.6) is 0 Å². The van der Waals surface area contributed by atoms with E-state index in [0.29, 0.717) is 6.42 Å². The monoisotopic (exact) mass is 317 g/mol. The van der Waals surface area contributed by atoms with Crippen molar-refractivity contribution in [2.75, 3.05) is 39.8 Å². The van der Waals surface area contributed by atoms with Crippen LogP contribution in [0.1, 0.15) is 31.9 Å². The standard InChI is InChI=1S/C18H27N3O2/c1-15(12-16-4-3-11-23-16)13-21-10-9-20(2)18(14-21)6-5-17(22)19-8-7-18/h3-4,11-12H,5-10,13-14H2,1-2H3,(H,19,22). The summed E-state index contributed by atoms with van der Waals surface area (Å²) in [6.07, 6.45) is 6.45. The first-order chi connectivity index (χ1) is 11.1. The number of carbonyl (C=O) groups is 1. The number of hydrogen-bond donors (Lipinski definition) is 1. The third-order valence-electron chi connectivity index (χ3n) is 5.21. The third-order valence-corrected chi connectivity index (χ3v) is 5.21. The predicted molar refractivity (Wildman–Crippen MR) is 91.0 cm³/mol. The molecule has 0 radical (unpaired) electrons. The highest BCUT2D eigenvalue weighted by Gasteiger charge is 2.40. The van der Waals surface area contributed by atoms with Gasteiger partial charge in [-0.2, -0.15) is 0 Å². The van der Waals surface area contributed by atoms with Crippen LogP contribution in [0.15, 0.2) is 28.4 Å². The molecule has 5 heteroatoms. The molecule has 0 bridgehead atoms. The molecular formula is C18H27N3O2. The van der Waals surface area contributed by atoms with Crippen molar-refractivity contribution in [3.8, 4) is 0 Å². The van der Waals surface area contributed by atoms with Crippen LogP contribution in [0, 0.1) is 0 Å². The van der Waals surface area contributed by atoms with Gasteiger partial charge in [0.1, 0.15) is 5.76 Å². The van der Waals surface area contributed by atoms with Crippen LogP contribution in [-0.4, -0.2) is 61.0 Å². The van der Waals surface area contributed by atoms with Crippen molar-refractivity contribution in [2.24, 2.45) is 0 Å². The van der Waals surface area contributed by atoms with Crippen molar-refractivity contribution in [2.45, 2.75) is 31.7 Å². The second-order valence-corrected chi connectivity index (χ2v) is 6.96. The normalized spacial score (nSPS) is 27.9. The Balaban J connectivity index is 1.66. The molecule has 0 aliphatic carbocycles. The summed E-state index contributed by atoms with van der Waals surface area (Å²) in [5.41, 5.74) is 1.44. The molecule has 1 spiro atoms. The maximum Gasteiger partial charge on any atom is 0.220 e. The fourth-order valence-corrected chi connectivity index (χ4v) is 3.83. The predicted octanol–water partition coefficient (Wildman–Crippen LogP) is 1.97. The Labute approximate surface area is 138 Å². The summed E-state index contributed by atoms with van der Waals surface area (Å²) >= 11 is 0. The first-order valence-electron chi connectivity index (χ1n) is 8.48. The zero-order valence-corrected chi connectivity index (χ0v) is 14.2.